The summed E-state index contributed by atoms with van der Waals surface area (Å²) in [7, 11) is 0. The lowest BCUT2D eigenvalue weighted by Gasteiger charge is -2.06. The smallest absolute Gasteiger partial charge is 0.0171 e. The van der Waals surface area contributed by atoms with E-state index in [1.54, 1.807) is 0 Å². The number of fused-ring (bicyclic) bond motifs is 3. The van der Waals surface area contributed by atoms with Gasteiger partial charge in [-0.1, -0.05) is 47.5 Å². The predicted molar refractivity (Wildman–Crippen MR) is 88.4 cm³/mol. The van der Waals surface area contributed by atoms with Gasteiger partial charge in [0, 0.05) is 0 Å². The van der Waals surface area contributed by atoms with Crippen LogP contribution >= 0.6 is 0 Å². The second-order valence-corrected chi connectivity index (χ2v) is 5.75. The quantitative estimate of drug-likeness (QED) is 0.351. The SMILES string of the molecule is Cc1ccc2cc3cc4cc(C)ccc4cc3cc2c1. The minimum Gasteiger partial charge on any atom is -0.0587 e. The fourth-order valence-corrected chi connectivity index (χ4v) is 2.99. The van der Waals surface area contributed by atoms with E-state index in [1.807, 2.05) is 0 Å². The topological polar surface area (TPSA) is 0 Å². The van der Waals surface area contributed by atoms with Crippen LogP contribution in [0.25, 0.3) is 32.3 Å². The maximum atomic E-state index is 2.30. The molecule has 4 aromatic rings. The van der Waals surface area contributed by atoms with Crippen LogP contribution in [0.3, 0.4) is 0 Å². The summed E-state index contributed by atoms with van der Waals surface area (Å²) in [5.74, 6) is 0. The van der Waals surface area contributed by atoms with Crippen molar-refractivity contribution < 1.29 is 0 Å². The van der Waals surface area contributed by atoms with E-state index in [0.717, 1.165) is 0 Å². The van der Waals surface area contributed by atoms with Gasteiger partial charge < -0.3 is 0 Å². The molecule has 0 aliphatic carbocycles. The van der Waals surface area contributed by atoms with Crippen molar-refractivity contribution >= 4 is 32.3 Å². The molecule has 0 N–H and O–H groups in total. The summed E-state index contributed by atoms with van der Waals surface area (Å²) >= 11 is 0. The Hall–Kier alpha value is -2.34. The molecule has 0 aliphatic rings. The fourth-order valence-electron chi connectivity index (χ4n) is 2.99. The molecule has 4 aromatic carbocycles. The third kappa shape index (κ3) is 1.77. The number of hydrogen-bond donors (Lipinski definition) is 0. The van der Waals surface area contributed by atoms with Gasteiger partial charge in [-0.2, -0.15) is 0 Å². The molecular formula is C20H16. The summed E-state index contributed by atoms with van der Waals surface area (Å²) in [4.78, 5) is 0. The van der Waals surface area contributed by atoms with Gasteiger partial charge in [0.1, 0.15) is 0 Å². The van der Waals surface area contributed by atoms with Crippen molar-refractivity contribution in [3.05, 3.63) is 71.8 Å². The second kappa shape index (κ2) is 4.08. The summed E-state index contributed by atoms with van der Waals surface area (Å²) in [6.45, 7) is 4.29. The Morgan fingerprint density at radius 1 is 0.400 bits per heavy atom. The first-order valence-corrected chi connectivity index (χ1v) is 7.04. The standard InChI is InChI=1S/C20H16/c1-13-3-5-15-9-20-12-18-8-14(2)4-6-16(18)10-19(20)11-17(15)7-13/h3-12H,1-2H3. The molecule has 0 radical (unpaired) electrons. The Morgan fingerprint density at radius 2 is 0.750 bits per heavy atom. The second-order valence-electron chi connectivity index (χ2n) is 5.75. The maximum absolute atomic E-state index is 2.30. The van der Waals surface area contributed by atoms with Gasteiger partial charge in [-0.15, -0.1) is 0 Å². The monoisotopic (exact) mass is 256 g/mol. The van der Waals surface area contributed by atoms with Crippen LogP contribution in [0.15, 0.2) is 60.7 Å². The average molecular weight is 256 g/mol. The number of aryl methyl sites for hydroxylation is 2. The normalized spacial score (nSPS) is 11.5. The molecule has 0 fully saturated rings. The van der Waals surface area contributed by atoms with Crippen LogP contribution in [-0.4, -0.2) is 0 Å². The van der Waals surface area contributed by atoms with Crippen molar-refractivity contribution in [2.24, 2.45) is 0 Å². The molecule has 0 heterocycles. The fraction of sp³-hybridized carbons (Fsp3) is 0.100. The first kappa shape index (κ1) is 11.5. The van der Waals surface area contributed by atoms with Crippen molar-refractivity contribution in [1.82, 2.24) is 0 Å². The van der Waals surface area contributed by atoms with Gasteiger partial charge in [-0.05, 0) is 70.4 Å². The molecule has 4 rings (SSSR count). The predicted octanol–water partition coefficient (Wildman–Crippen LogP) is 5.76. The lowest BCUT2D eigenvalue weighted by molar-refractivity contribution is 1.51. The number of benzene rings is 4. The third-order valence-electron chi connectivity index (χ3n) is 4.06. The van der Waals surface area contributed by atoms with E-state index in [2.05, 4.69) is 74.5 Å². The molecule has 0 saturated carbocycles. The van der Waals surface area contributed by atoms with Crippen LogP contribution in [0.1, 0.15) is 11.1 Å². The van der Waals surface area contributed by atoms with Gasteiger partial charge in [-0.3, -0.25) is 0 Å². The van der Waals surface area contributed by atoms with Crippen LogP contribution in [0.4, 0.5) is 0 Å². The highest BCUT2D eigenvalue weighted by molar-refractivity contribution is 6.04. The van der Waals surface area contributed by atoms with Crippen LogP contribution in [-0.2, 0) is 0 Å². The summed E-state index contributed by atoms with van der Waals surface area (Å²) < 4.78 is 0. The Labute approximate surface area is 118 Å². The Morgan fingerprint density at radius 3 is 1.20 bits per heavy atom. The van der Waals surface area contributed by atoms with Crippen LogP contribution in [0, 0.1) is 13.8 Å². The zero-order valence-corrected chi connectivity index (χ0v) is 11.8. The van der Waals surface area contributed by atoms with Crippen molar-refractivity contribution in [3.8, 4) is 0 Å². The van der Waals surface area contributed by atoms with Crippen LogP contribution < -0.4 is 0 Å². The first-order chi connectivity index (χ1) is 9.69. The molecule has 0 atom stereocenters. The van der Waals surface area contributed by atoms with Gasteiger partial charge >= 0.3 is 0 Å². The van der Waals surface area contributed by atoms with Gasteiger partial charge in [0.2, 0.25) is 0 Å². The van der Waals surface area contributed by atoms with Crippen LogP contribution in [0.5, 0.6) is 0 Å². The zero-order valence-electron chi connectivity index (χ0n) is 11.8. The van der Waals surface area contributed by atoms with Crippen molar-refractivity contribution in [2.45, 2.75) is 13.8 Å². The molecular weight excluding hydrogens is 240 g/mol. The molecule has 0 unspecified atom stereocenters. The maximum Gasteiger partial charge on any atom is -0.0171 e. The Bertz CT molecular complexity index is 881. The Kier molecular flexibility index (Phi) is 2.34. The van der Waals surface area contributed by atoms with E-state index < -0.39 is 0 Å². The average Bonchev–Trinajstić information content (AvgIpc) is 2.43. The molecule has 0 amide bonds. The number of hydrogen-bond acceptors (Lipinski definition) is 0. The minimum absolute atomic E-state index is 1.31. The molecule has 96 valence electrons. The highest BCUT2D eigenvalue weighted by Gasteiger charge is 2.01. The highest BCUT2D eigenvalue weighted by atomic mass is 14.1. The molecule has 0 bridgehead atoms. The molecule has 20 heavy (non-hydrogen) atoms. The zero-order chi connectivity index (χ0) is 13.7. The van der Waals surface area contributed by atoms with Crippen LogP contribution in [0.2, 0.25) is 0 Å². The summed E-state index contributed by atoms with van der Waals surface area (Å²) in [5, 5.41) is 7.91. The molecule has 0 aliphatic heterocycles. The minimum atomic E-state index is 1.31. The molecule has 0 spiro atoms. The molecule has 0 saturated heterocycles. The third-order valence-corrected chi connectivity index (χ3v) is 4.06. The summed E-state index contributed by atoms with van der Waals surface area (Å²) in [6.07, 6.45) is 0. The van der Waals surface area contributed by atoms with E-state index in [0.29, 0.717) is 0 Å². The molecule has 0 aromatic heterocycles. The number of rotatable bonds is 0. The molecule has 0 heteroatoms. The molecule has 0 nitrogen and oxygen atoms in total. The lowest BCUT2D eigenvalue weighted by Crippen LogP contribution is -1.81. The van der Waals surface area contributed by atoms with Crippen molar-refractivity contribution in [2.75, 3.05) is 0 Å². The van der Waals surface area contributed by atoms with Gasteiger partial charge in [0.05, 0.1) is 0 Å². The van der Waals surface area contributed by atoms with E-state index in [-0.39, 0.29) is 0 Å². The van der Waals surface area contributed by atoms with Gasteiger partial charge in [0.25, 0.3) is 0 Å². The van der Waals surface area contributed by atoms with E-state index in [1.165, 1.54) is 43.4 Å². The Balaban J connectivity index is 2.13. The van der Waals surface area contributed by atoms with E-state index in [9.17, 15) is 0 Å². The van der Waals surface area contributed by atoms with E-state index in [4.69, 9.17) is 0 Å². The van der Waals surface area contributed by atoms with Gasteiger partial charge in [0.15, 0.2) is 0 Å². The summed E-state index contributed by atoms with van der Waals surface area (Å²) in [6, 6.07) is 22.5. The van der Waals surface area contributed by atoms with Crippen molar-refractivity contribution in [1.29, 1.82) is 0 Å². The first-order valence-electron chi connectivity index (χ1n) is 7.04. The highest BCUT2D eigenvalue weighted by Crippen LogP contribution is 2.28. The van der Waals surface area contributed by atoms with E-state index >= 15 is 0 Å². The largest absolute Gasteiger partial charge is 0.0587 e. The lowest BCUT2D eigenvalue weighted by atomic mass is 9.98. The van der Waals surface area contributed by atoms with Gasteiger partial charge in [-0.25, -0.2) is 0 Å². The van der Waals surface area contributed by atoms with Crippen molar-refractivity contribution in [3.63, 3.8) is 0 Å². The summed E-state index contributed by atoms with van der Waals surface area (Å²) in [5.41, 5.74) is 2.63.